The van der Waals surface area contributed by atoms with E-state index >= 15 is 0 Å². The van der Waals surface area contributed by atoms with Gasteiger partial charge in [-0.3, -0.25) is 0 Å². The molecule has 148 valence electrons. The smallest absolute Gasteiger partial charge is 0.451 e. The Balaban J connectivity index is 1.54. The van der Waals surface area contributed by atoms with E-state index in [4.69, 9.17) is 4.74 Å². The Morgan fingerprint density at radius 1 is 1.18 bits per heavy atom. The van der Waals surface area contributed by atoms with E-state index in [1.165, 1.54) is 6.33 Å². The summed E-state index contributed by atoms with van der Waals surface area (Å²) in [5.74, 6) is -0.190. The molecule has 1 fully saturated rings. The molecule has 1 aliphatic carbocycles. The average molecular weight is 391 g/mol. The predicted molar refractivity (Wildman–Crippen MR) is 98.3 cm³/mol. The van der Waals surface area contributed by atoms with Gasteiger partial charge in [0.15, 0.2) is 11.5 Å². The number of imidazole rings is 1. The maximum atomic E-state index is 13.2. The van der Waals surface area contributed by atoms with Crippen LogP contribution in [0.5, 0.6) is 5.75 Å². The third-order valence-electron chi connectivity index (χ3n) is 4.66. The van der Waals surface area contributed by atoms with E-state index < -0.39 is 12.0 Å². The number of fused-ring (bicyclic) bond motifs is 1. The lowest BCUT2D eigenvalue weighted by Crippen LogP contribution is -2.15. The monoisotopic (exact) mass is 391 g/mol. The number of halogens is 3. The van der Waals surface area contributed by atoms with Crippen molar-refractivity contribution < 1.29 is 17.9 Å². The van der Waals surface area contributed by atoms with Crippen molar-refractivity contribution in [3.05, 3.63) is 42.0 Å². The van der Waals surface area contributed by atoms with Crippen LogP contribution in [-0.4, -0.2) is 32.7 Å². The number of alkyl halides is 3. The zero-order valence-electron chi connectivity index (χ0n) is 15.3. The Kier molecular flexibility index (Phi) is 4.82. The van der Waals surface area contributed by atoms with Gasteiger partial charge < -0.3 is 14.6 Å². The summed E-state index contributed by atoms with van der Waals surface area (Å²) in [6, 6.07) is 7.90. The minimum Gasteiger partial charge on any atom is -0.497 e. The Hall–Kier alpha value is -2.84. The summed E-state index contributed by atoms with van der Waals surface area (Å²) in [7, 11) is 1.61. The lowest BCUT2D eigenvalue weighted by Gasteiger charge is -2.11. The average Bonchev–Trinajstić information content (AvgIpc) is 3.39. The fourth-order valence-electron chi connectivity index (χ4n) is 3.00. The van der Waals surface area contributed by atoms with Crippen LogP contribution in [0, 0.1) is 0 Å². The SMILES string of the molecule is COc1ccc(CCCn2cnc3c(NC4CC4)nc(C(F)(F)F)nc32)cc1. The minimum absolute atomic E-state index is 0.161. The molecule has 0 saturated heterocycles. The standard InChI is InChI=1S/C19H20F3N5O/c1-28-14-8-4-12(5-9-14)3-2-10-27-11-23-15-16(24-13-6-7-13)25-18(19(20,21)22)26-17(15)27/h4-5,8-9,11,13H,2-3,6-7,10H2,1H3,(H,24,25,26). The molecule has 0 atom stereocenters. The minimum atomic E-state index is -4.60. The van der Waals surface area contributed by atoms with Gasteiger partial charge in [-0.25, -0.2) is 15.0 Å². The van der Waals surface area contributed by atoms with Crippen LogP contribution < -0.4 is 10.1 Å². The highest BCUT2D eigenvalue weighted by Gasteiger charge is 2.37. The van der Waals surface area contributed by atoms with Crippen molar-refractivity contribution in [2.45, 2.75) is 44.4 Å². The zero-order chi connectivity index (χ0) is 19.7. The summed E-state index contributed by atoms with van der Waals surface area (Å²) < 4.78 is 46.5. The molecule has 1 N–H and O–H groups in total. The number of rotatable bonds is 7. The lowest BCUT2D eigenvalue weighted by atomic mass is 10.1. The van der Waals surface area contributed by atoms with Crippen LogP contribution in [0.3, 0.4) is 0 Å². The molecule has 9 heteroatoms. The Labute approximate surface area is 159 Å². The van der Waals surface area contributed by atoms with Crippen molar-refractivity contribution in [1.82, 2.24) is 19.5 Å². The van der Waals surface area contributed by atoms with Gasteiger partial charge in [-0.1, -0.05) is 12.1 Å². The topological polar surface area (TPSA) is 64.9 Å². The molecule has 3 aromatic rings. The summed E-state index contributed by atoms with van der Waals surface area (Å²) in [5.41, 5.74) is 1.72. The third-order valence-corrected chi connectivity index (χ3v) is 4.66. The first-order valence-corrected chi connectivity index (χ1v) is 9.13. The molecule has 0 radical (unpaired) electrons. The van der Waals surface area contributed by atoms with Gasteiger partial charge in [-0.2, -0.15) is 13.2 Å². The molecule has 28 heavy (non-hydrogen) atoms. The van der Waals surface area contributed by atoms with Crippen LogP contribution in [0.25, 0.3) is 11.2 Å². The van der Waals surface area contributed by atoms with Crippen LogP contribution in [0.4, 0.5) is 19.0 Å². The molecule has 0 unspecified atom stereocenters. The first kappa shape index (κ1) is 18.5. The summed E-state index contributed by atoms with van der Waals surface area (Å²) >= 11 is 0. The number of nitrogens with zero attached hydrogens (tertiary/aromatic N) is 4. The van der Waals surface area contributed by atoms with E-state index in [1.54, 1.807) is 11.7 Å². The molecular formula is C19H20F3N5O. The molecule has 2 aromatic heterocycles. The van der Waals surface area contributed by atoms with Gasteiger partial charge in [-0.05, 0) is 43.4 Å². The van der Waals surface area contributed by atoms with E-state index in [0.717, 1.165) is 37.0 Å². The quantitative estimate of drug-likeness (QED) is 0.658. The van der Waals surface area contributed by atoms with Crippen molar-refractivity contribution in [3.63, 3.8) is 0 Å². The summed E-state index contributed by atoms with van der Waals surface area (Å²) in [6.07, 6.45) is 0.311. The number of aryl methyl sites for hydroxylation is 2. The Bertz CT molecular complexity index is 964. The van der Waals surface area contributed by atoms with Gasteiger partial charge in [0, 0.05) is 12.6 Å². The van der Waals surface area contributed by atoms with Crippen LogP contribution in [0.15, 0.2) is 30.6 Å². The van der Waals surface area contributed by atoms with Crippen molar-refractivity contribution in [1.29, 1.82) is 0 Å². The zero-order valence-corrected chi connectivity index (χ0v) is 15.3. The van der Waals surface area contributed by atoms with Gasteiger partial charge in [0.25, 0.3) is 0 Å². The van der Waals surface area contributed by atoms with E-state index in [9.17, 15) is 13.2 Å². The first-order chi connectivity index (χ1) is 13.4. The summed E-state index contributed by atoms with van der Waals surface area (Å²) in [4.78, 5) is 11.7. The summed E-state index contributed by atoms with van der Waals surface area (Å²) in [6.45, 7) is 0.514. The molecule has 1 aliphatic rings. The highest BCUT2D eigenvalue weighted by molar-refractivity contribution is 5.83. The van der Waals surface area contributed by atoms with Crippen molar-refractivity contribution >= 4 is 17.0 Å². The number of anilines is 1. The molecule has 1 aromatic carbocycles. The van der Waals surface area contributed by atoms with Crippen LogP contribution in [0.1, 0.15) is 30.7 Å². The number of ether oxygens (including phenoxy) is 1. The van der Waals surface area contributed by atoms with E-state index in [2.05, 4.69) is 20.3 Å². The van der Waals surface area contributed by atoms with Crippen molar-refractivity contribution in [3.8, 4) is 5.75 Å². The largest absolute Gasteiger partial charge is 0.497 e. The normalized spacial score (nSPS) is 14.4. The molecule has 0 amide bonds. The maximum absolute atomic E-state index is 13.2. The van der Waals surface area contributed by atoms with Crippen LogP contribution >= 0.6 is 0 Å². The van der Waals surface area contributed by atoms with Crippen molar-refractivity contribution in [2.75, 3.05) is 12.4 Å². The second-order valence-corrected chi connectivity index (χ2v) is 6.87. The molecule has 6 nitrogen and oxygen atoms in total. The molecule has 0 spiro atoms. The fourth-order valence-corrected chi connectivity index (χ4v) is 3.00. The van der Waals surface area contributed by atoms with Crippen molar-refractivity contribution in [2.24, 2.45) is 0 Å². The number of methoxy groups -OCH3 is 1. The van der Waals surface area contributed by atoms with Gasteiger partial charge in [0.05, 0.1) is 13.4 Å². The fraction of sp³-hybridized carbons (Fsp3) is 0.421. The Morgan fingerprint density at radius 3 is 2.57 bits per heavy atom. The molecular weight excluding hydrogens is 371 g/mol. The second-order valence-electron chi connectivity index (χ2n) is 6.87. The van der Waals surface area contributed by atoms with E-state index in [-0.39, 0.29) is 17.5 Å². The molecule has 0 bridgehead atoms. The first-order valence-electron chi connectivity index (χ1n) is 9.13. The van der Waals surface area contributed by atoms with Crippen LogP contribution in [-0.2, 0) is 19.1 Å². The molecule has 1 saturated carbocycles. The van der Waals surface area contributed by atoms with Gasteiger partial charge in [0.1, 0.15) is 11.3 Å². The number of hydrogen-bond acceptors (Lipinski definition) is 5. The Morgan fingerprint density at radius 2 is 1.93 bits per heavy atom. The maximum Gasteiger partial charge on any atom is 0.451 e. The van der Waals surface area contributed by atoms with Gasteiger partial charge in [-0.15, -0.1) is 0 Å². The molecule has 4 rings (SSSR count). The van der Waals surface area contributed by atoms with E-state index in [0.29, 0.717) is 12.1 Å². The van der Waals surface area contributed by atoms with Crippen LogP contribution in [0.2, 0.25) is 0 Å². The molecule has 2 heterocycles. The second kappa shape index (κ2) is 7.29. The molecule has 0 aliphatic heterocycles. The number of aromatic nitrogens is 4. The summed E-state index contributed by atoms with van der Waals surface area (Å²) in [5, 5.41) is 3.04. The third kappa shape index (κ3) is 4.02. The number of hydrogen-bond donors (Lipinski definition) is 1. The predicted octanol–water partition coefficient (Wildman–Crippen LogP) is 4.06. The number of benzene rings is 1. The lowest BCUT2D eigenvalue weighted by molar-refractivity contribution is -0.144. The highest BCUT2D eigenvalue weighted by Crippen LogP contribution is 2.32. The number of nitrogens with one attached hydrogen (secondary N) is 1. The van der Waals surface area contributed by atoms with Gasteiger partial charge >= 0.3 is 6.18 Å². The highest BCUT2D eigenvalue weighted by atomic mass is 19.4. The van der Waals surface area contributed by atoms with E-state index in [1.807, 2.05) is 24.3 Å². The van der Waals surface area contributed by atoms with Gasteiger partial charge in [0.2, 0.25) is 5.82 Å².